The van der Waals surface area contributed by atoms with Crippen LogP contribution in [0.4, 0.5) is 4.79 Å². The van der Waals surface area contributed by atoms with Crippen LogP contribution >= 0.6 is 24.2 Å². The second kappa shape index (κ2) is 4.27. The van der Waals surface area contributed by atoms with E-state index in [9.17, 15) is 4.79 Å². The number of hydrogen-bond acceptors (Lipinski definition) is 5. The summed E-state index contributed by atoms with van der Waals surface area (Å²) in [5.74, 6) is 0. The van der Waals surface area contributed by atoms with Gasteiger partial charge in [-0.1, -0.05) is 4.49 Å². The SMILES string of the molecule is O=C(O)NCC(S)c1cnns1. The fraction of sp³-hybridized carbons (Fsp3) is 0.400. The molecule has 0 aliphatic carbocycles. The van der Waals surface area contributed by atoms with Crippen LogP contribution in [-0.4, -0.2) is 27.3 Å². The summed E-state index contributed by atoms with van der Waals surface area (Å²) in [5.41, 5.74) is 0. The minimum Gasteiger partial charge on any atom is -0.465 e. The Balaban J connectivity index is 2.39. The summed E-state index contributed by atoms with van der Waals surface area (Å²) in [6, 6.07) is 0. The number of nitrogens with one attached hydrogen (secondary N) is 1. The van der Waals surface area contributed by atoms with Gasteiger partial charge in [0.1, 0.15) is 0 Å². The lowest BCUT2D eigenvalue weighted by Crippen LogP contribution is -2.24. The lowest BCUT2D eigenvalue weighted by Gasteiger charge is -2.05. The van der Waals surface area contributed by atoms with Crippen LogP contribution in [-0.2, 0) is 0 Å². The van der Waals surface area contributed by atoms with Gasteiger partial charge in [-0.3, -0.25) is 0 Å². The van der Waals surface area contributed by atoms with E-state index in [1.807, 2.05) is 0 Å². The molecule has 1 amide bonds. The molecule has 7 heteroatoms. The van der Waals surface area contributed by atoms with Gasteiger partial charge in [0.15, 0.2) is 0 Å². The first-order chi connectivity index (χ1) is 5.70. The van der Waals surface area contributed by atoms with Gasteiger partial charge in [-0.2, -0.15) is 12.6 Å². The zero-order valence-corrected chi connectivity index (χ0v) is 7.68. The molecule has 0 radical (unpaired) electrons. The molecular formula is C5H7N3O2S2. The standard InChI is InChI=1S/C5H7N3O2S2/c9-5(10)6-1-3(11)4-2-7-8-12-4/h2-3,6,11H,1H2,(H,9,10). The van der Waals surface area contributed by atoms with E-state index >= 15 is 0 Å². The molecule has 1 atom stereocenters. The van der Waals surface area contributed by atoms with Crippen LogP contribution in [0.5, 0.6) is 0 Å². The summed E-state index contributed by atoms with van der Waals surface area (Å²) in [7, 11) is 0. The smallest absolute Gasteiger partial charge is 0.404 e. The molecular weight excluding hydrogens is 198 g/mol. The maximum Gasteiger partial charge on any atom is 0.404 e. The van der Waals surface area contributed by atoms with Gasteiger partial charge in [0.25, 0.3) is 0 Å². The number of carboxylic acid groups (broad SMARTS) is 1. The van der Waals surface area contributed by atoms with Crippen LogP contribution in [0.25, 0.3) is 0 Å². The summed E-state index contributed by atoms with van der Waals surface area (Å²) < 4.78 is 3.64. The summed E-state index contributed by atoms with van der Waals surface area (Å²) in [6.07, 6.45) is 0.526. The van der Waals surface area contributed by atoms with Crippen LogP contribution in [0.2, 0.25) is 0 Å². The normalized spacial score (nSPS) is 12.4. The monoisotopic (exact) mass is 205 g/mol. The number of thiol groups is 1. The fourth-order valence-corrected chi connectivity index (χ4v) is 1.39. The van der Waals surface area contributed by atoms with E-state index in [2.05, 4.69) is 27.5 Å². The maximum atomic E-state index is 10.1. The predicted octanol–water partition coefficient (Wildman–Crippen LogP) is 0.777. The number of aromatic nitrogens is 2. The van der Waals surface area contributed by atoms with Gasteiger partial charge in [0, 0.05) is 6.54 Å². The summed E-state index contributed by atoms with van der Waals surface area (Å²) in [6.45, 7) is 0.266. The minimum absolute atomic E-state index is 0.166. The zero-order chi connectivity index (χ0) is 8.97. The van der Waals surface area contributed by atoms with Crippen molar-refractivity contribution >= 4 is 30.3 Å². The lowest BCUT2D eigenvalue weighted by atomic mass is 10.4. The second-order valence-electron chi connectivity index (χ2n) is 2.02. The molecule has 1 aromatic heterocycles. The summed E-state index contributed by atoms with van der Waals surface area (Å²) in [4.78, 5) is 11.0. The van der Waals surface area contributed by atoms with Crippen molar-refractivity contribution < 1.29 is 9.90 Å². The Morgan fingerprint density at radius 2 is 2.67 bits per heavy atom. The topological polar surface area (TPSA) is 75.1 Å². The van der Waals surface area contributed by atoms with Crippen molar-refractivity contribution in [3.05, 3.63) is 11.1 Å². The van der Waals surface area contributed by atoms with E-state index in [0.29, 0.717) is 0 Å². The molecule has 0 bridgehead atoms. The van der Waals surface area contributed by atoms with Crippen LogP contribution in [0.15, 0.2) is 6.20 Å². The Bertz CT molecular complexity index is 251. The van der Waals surface area contributed by atoms with E-state index in [4.69, 9.17) is 5.11 Å². The average molecular weight is 205 g/mol. The molecule has 0 aliphatic heterocycles. The largest absolute Gasteiger partial charge is 0.465 e. The van der Waals surface area contributed by atoms with Crippen LogP contribution in [0.1, 0.15) is 10.1 Å². The molecule has 66 valence electrons. The first-order valence-electron chi connectivity index (χ1n) is 3.12. The molecule has 0 spiro atoms. The Hall–Kier alpha value is -0.820. The third-order valence-electron chi connectivity index (χ3n) is 1.15. The van der Waals surface area contributed by atoms with Crippen molar-refractivity contribution in [3.63, 3.8) is 0 Å². The summed E-state index contributed by atoms with van der Waals surface area (Å²) >= 11 is 5.38. The molecule has 0 fully saturated rings. The molecule has 1 heterocycles. The maximum absolute atomic E-state index is 10.1. The van der Waals surface area contributed by atoms with E-state index in [1.54, 1.807) is 6.20 Å². The number of carbonyl (C=O) groups is 1. The van der Waals surface area contributed by atoms with Gasteiger partial charge in [-0.15, -0.1) is 5.10 Å². The van der Waals surface area contributed by atoms with Crippen LogP contribution in [0, 0.1) is 0 Å². The molecule has 5 nitrogen and oxygen atoms in total. The van der Waals surface area contributed by atoms with E-state index in [0.717, 1.165) is 4.88 Å². The van der Waals surface area contributed by atoms with Gasteiger partial charge in [0.2, 0.25) is 0 Å². The molecule has 0 saturated carbocycles. The van der Waals surface area contributed by atoms with Gasteiger partial charge < -0.3 is 10.4 Å². The highest BCUT2D eigenvalue weighted by molar-refractivity contribution is 7.80. The number of hydrogen-bond donors (Lipinski definition) is 3. The number of nitrogens with zero attached hydrogens (tertiary/aromatic N) is 2. The quantitative estimate of drug-likeness (QED) is 0.637. The molecule has 0 aromatic carbocycles. The van der Waals surface area contributed by atoms with E-state index in [1.165, 1.54) is 11.5 Å². The molecule has 12 heavy (non-hydrogen) atoms. The van der Waals surface area contributed by atoms with Gasteiger partial charge >= 0.3 is 6.09 Å². The highest BCUT2D eigenvalue weighted by Crippen LogP contribution is 2.20. The van der Waals surface area contributed by atoms with Crippen LogP contribution in [0.3, 0.4) is 0 Å². The molecule has 0 aliphatic rings. The fourth-order valence-electron chi connectivity index (χ4n) is 0.606. The molecule has 2 N–H and O–H groups in total. The summed E-state index contributed by atoms with van der Waals surface area (Å²) in [5, 5.41) is 14.0. The number of rotatable bonds is 3. The van der Waals surface area contributed by atoms with Crippen molar-refractivity contribution in [1.29, 1.82) is 0 Å². The Morgan fingerprint density at radius 3 is 3.17 bits per heavy atom. The Kier molecular flexibility index (Phi) is 3.30. The highest BCUT2D eigenvalue weighted by Gasteiger charge is 2.09. The van der Waals surface area contributed by atoms with Crippen molar-refractivity contribution in [2.45, 2.75) is 5.25 Å². The van der Waals surface area contributed by atoms with Gasteiger partial charge in [-0.05, 0) is 11.5 Å². The van der Waals surface area contributed by atoms with Crippen molar-refractivity contribution in [1.82, 2.24) is 14.9 Å². The third-order valence-corrected chi connectivity index (χ3v) is 2.57. The third kappa shape index (κ3) is 2.67. The predicted molar refractivity (Wildman–Crippen MR) is 47.7 cm³/mol. The zero-order valence-electron chi connectivity index (χ0n) is 5.97. The first-order valence-corrected chi connectivity index (χ1v) is 4.41. The average Bonchev–Trinajstić information content (AvgIpc) is 2.51. The second-order valence-corrected chi connectivity index (χ2v) is 3.46. The molecule has 1 rings (SSSR count). The van der Waals surface area contributed by atoms with Crippen molar-refractivity contribution in [3.8, 4) is 0 Å². The minimum atomic E-state index is -1.05. The van der Waals surface area contributed by atoms with Crippen molar-refractivity contribution in [2.24, 2.45) is 0 Å². The number of amides is 1. The van der Waals surface area contributed by atoms with Crippen molar-refractivity contribution in [2.75, 3.05) is 6.54 Å². The highest BCUT2D eigenvalue weighted by atomic mass is 32.1. The molecule has 1 aromatic rings. The first kappa shape index (κ1) is 9.27. The Labute approximate surface area is 78.4 Å². The van der Waals surface area contributed by atoms with Gasteiger partial charge in [0.05, 0.1) is 16.3 Å². The Morgan fingerprint density at radius 1 is 1.92 bits per heavy atom. The molecule has 1 unspecified atom stereocenters. The van der Waals surface area contributed by atoms with E-state index < -0.39 is 6.09 Å². The lowest BCUT2D eigenvalue weighted by molar-refractivity contribution is 0.194. The van der Waals surface area contributed by atoms with Crippen LogP contribution < -0.4 is 5.32 Å². The molecule has 0 saturated heterocycles. The van der Waals surface area contributed by atoms with E-state index in [-0.39, 0.29) is 11.8 Å². The van der Waals surface area contributed by atoms with Gasteiger partial charge in [-0.25, -0.2) is 4.79 Å².